The highest BCUT2D eigenvalue weighted by molar-refractivity contribution is 6.34. The number of esters is 1. The maximum atomic E-state index is 14.9. The van der Waals surface area contributed by atoms with E-state index in [1.54, 1.807) is 20.8 Å². The minimum atomic E-state index is -6.70. The number of carbonyl (C=O) groups excluding carboxylic acids is 3. The zero-order valence-electron chi connectivity index (χ0n) is 31.3. The smallest absolute Gasteiger partial charge is 0.460 e. The van der Waals surface area contributed by atoms with E-state index in [4.69, 9.17) is 37.4 Å². The van der Waals surface area contributed by atoms with E-state index in [9.17, 15) is 63.5 Å². The van der Waals surface area contributed by atoms with Crippen molar-refractivity contribution in [3.8, 4) is 28.6 Å². The highest BCUT2D eigenvalue weighted by Gasteiger charge is 2.73. The molecule has 11 nitrogen and oxygen atoms in total. The molecule has 0 bridgehead atoms. The van der Waals surface area contributed by atoms with Gasteiger partial charge in [-0.1, -0.05) is 29.3 Å². The second-order valence-corrected chi connectivity index (χ2v) is 15.7. The zero-order valence-corrected chi connectivity index (χ0v) is 32.8. The first-order valence-electron chi connectivity index (χ1n) is 17.7. The molecule has 2 aliphatic carbocycles. The Hall–Kier alpha value is -4.97. The molecule has 5 rings (SSSR count). The number of halogens is 12. The number of carbonyl (C=O) groups is 3. The number of ether oxygens (including phenoxy) is 4. The predicted octanol–water partition coefficient (Wildman–Crippen LogP) is 10.5. The van der Waals surface area contributed by atoms with Crippen LogP contribution in [0.25, 0.3) is 16.8 Å². The molecule has 3 aromatic rings. The summed E-state index contributed by atoms with van der Waals surface area (Å²) in [5, 5.41) is 12.3. The summed E-state index contributed by atoms with van der Waals surface area (Å²) < 4.78 is 156. The highest BCUT2D eigenvalue weighted by Crippen LogP contribution is 2.55. The Kier molecular flexibility index (Phi) is 12.7. The van der Waals surface area contributed by atoms with Crippen LogP contribution < -0.4 is 4.74 Å². The second kappa shape index (κ2) is 16.5. The molecule has 23 heteroatoms. The van der Waals surface area contributed by atoms with Gasteiger partial charge in [-0.05, 0) is 89.1 Å². The van der Waals surface area contributed by atoms with Gasteiger partial charge in [-0.2, -0.15) is 36.7 Å². The van der Waals surface area contributed by atoms with Crippen molar-refractivity contribution in [3.05, 3.63) is 63.9 Å². The molecule has 0 radical (unpaired) electrons. The van der Waals surface area contributed by atoms with Gasteiger partial charge < -0.3 is 18.9 Å². The summed E-state index contributed by atoms with van der Waals surface area (Å²) in [5.74, 6) is -3.45. The van der Waals surface area contributed by atoms with Crippen LogP contribution in [0.15, 0.2) is 42.7 Å². The minimum absolute atomic E-state index is 0.0431. The van der Waals surface area contributed by atoms with Crippen molar-refractivity contribution in [1.29, 1.82) is 5.26 Å². The number of nitrogens with zero attached hydrogens (tertiary/aromatic N) is 4. The van der Waals surface area contributed by atoms with E-state index in [-0.39, 0.29) is 52.5 Å². The van der Waals surface area contributed by atoms with Crippen molar-refractivity contribution in [2.24, 2.45) is 5.92 Å². The van der Waals surface area contributed by atoms with E-state index in [1.165, 1.54) is 12.1 Å². The SMILES string of the molecule is CC(C)(C)OC(=O)[C@H]1CC[C@@H](OC(=O)OCN(C(=O)c2cc(-c3cnn(-c4c(Cl)cc(C(F)(C(F)(F)F)C(F)(F)F)cc4OC(F)(F)F)c3)ccc2Cl)C2(C#N)CC2)CC1. The van der Waals surface area contributed by atoms with Crippen LogP contribution in [-0.4, -0.2) is 75.4 Å². The molecule has 1 aromatic heterocycles. The quantitative estimate of drug-likeness (QED) is 0.111. The van der Waals surface area contributed by atoms with Gasteiger partial charge in [0.05, 0.1) is 33.8 Å². The van der Waals surface area contributed by atoms with Crippen molar-refractivity contribution in [2.75, 3.05) is 6.73 Å². The number of hydrogen-bond acceptors (Lipinski definition) is 9. The molecule has 0 unspecified atom stereocenters. The van der Waals surface area contributed by atoms with Crippen LogP contribution in [0.2, 0.25) is 10.0 Å². The molecule has 0 spiro atoms. The molecule has 2 fully saturated rings. The average Bonchev–Trinajstić information content (AvgIpc) is 3.76. The van der Waals surface area contributed by atoms with Crippen molar-refractivity contribution >= 4 is 41.2 Å². The Morgan fingerprint density at radius 2 is 1.52 bits per heavy atom. The lowest BCUT2D eigenvalue weighted by molar-refractivity contribution is -0.348. The fraction of sp³-hybridized carbons (Fsp3) is 0.486. The van der Waals surface area contributed by atoms with Crippen molar-refractivity contribution in [1.82, 2.24) is 14.7 Å². The maximum Gasteiger partial charge on any atom is 0.573 e. The third-order valence-electron chi connectivity index (χ3n) is 9.46. The molecular weight excluding hydrogens is 873 g/mol. The largest absolute Gasteiger partial charge is 0.573 e. The molecule has 326 valence electrons. The standard InChI is InChI=1S/C37H32Cl2F10N4O7/c1-32(2,3)60-30(55)19-4-7-23(8-5-19)58-31(56)57-18-52(33(17-50)10-11-33)29(54)24-12-20(6-9-25(24)38)21-15-51-53(16-21)28-26(39)13-22(14-27(28)59-37(47,48)49)34(40,35(41,42)43)36(44,45)46/h6,9,12-16,19,23H,4-5,7-8,10-11,18H2,1-3H3/t19-,23+. The normalized spacial score (nSPS) is 18.2. The molecule has 2 saturated carbocycles. The minimum Gasteiger partial charge on any atom is -0.460 e. The predicted molar refractivity (Wildman–Crippen MR) is 188 cm³/mol. The monoisotopic (exact) mass is 904 g/mol. The van der Waals surface area contributed by atoms with E-state index >= 15 is 0 Å². The lowest BCUT2D eigenvalue weighted by Gasteiger charge is -2.31. The summed E-state index contributed by atoms with van der Waals surface area (Å²) in [7, 11) is 0. The molecule has 0 saturated heterocycles. The summed E-state index contributed by atoms with van der Waals surface area (Å²) in [6, 6.07) is 5.05. The van der Waals surface area contributed by atoms with Crippen LogP contribution in [-0.2, 0) is 24.7 Å². The van der Waals surface area contributed by atoms with Gasteiger partial charge in [-0.3, -0.25) is 14.5 Å². The molecule has 0 aliphatic heterocycles. The summed E-state index contributed by atoms with van der Waals surface area (Å²) in [4.78, 5) is 40.1. The number of rotatable bonds is 10. The highest BCUT2D eigenvalue weighted by atomic mass is 35.5. The summed E-state index contributed by atoms with van der Waals surface area (Å²) >= 11 is 12.3. The number of amides is 1. The molecule has 60 heavy (non-hydrogen) atoms. The van der Waals surface area contributed by atoms with Gasteiger partial charge in [0, 0.05) is 17.3 Å². The fourth-order valence-electron chi connectivity index (χ4n) is 6.32. The molecule has 0 N–H and O–H groups in total. The van der Waals surface area contributed by atoms with E-state index in [2.05, 4.69) is 9.84 Å². The van der Waals surface area contributed by atoms with Crippen LogP contribution in [0, 0.1) is 17.2 Å². The fourth-order valence-corrected chi connectivity index (χ4v) is 6.82. The first kappa shape index (κ1) is 46.1. The Labute approximate surface area is 344 Å². The molecule has 1 amide bonds. The zero-order chi connectivity index (χ0) is 44.8. The third-order valence-corrected chi connectivity index (χ3v) is 10.1. The Morgan fingerprint density at radius 3 is 2.05 bits per heavy atom. The Bertz CT molecular complexity index is 2150. The Morgan fingerprint density at radius 1 is 0.900 bits per heavy atom. The summed E-state index contributed by atoms with van der Waals surface area (Å²) in [6.45, 7) is 4.45. The molecule has 2 aromatic carbocycles. The van der Waals surface area contributed by atoms with Gasteiger partial charge in [-0.25, -0.2) is 13.9 Å². The van der Waals surface area contributed by atoms with E-state index in [1.807, 2.05) is 6.07 Å². The van der Waals surface area contributed by atoms with E-state index < -0.39 is 88.5 Å². The van der Waals surface area contributed by atoms with E-state index in [0.717, 1.165) is 23.4 Å². The van der Waals surface area contributed by atoms with Crippen LogP contribution in [0.5, 0.6) is 5.75 Å². The Balaban J connectivity index is 1.38. The average molecular weight is 906 g/mol. The van der Waals surface area contributed by atoms with Crippen LogP contribution >= 0.6 is 23.2 Å². The van der Waals surface area contributed by atoms with E-state index in [0.29, 0.717) is 30.4 Å². The third kappa shape index (κ3) is 9.96. The summed E-state index contributed by atoms with van der Waals surface area (Å²) in [5.41, 5.74) is -11.9. The lowest BCUT2D eigenvalue weighted by Crippen LogP contribution is -2.50. The number of benzene rings is 2. The summed E-state index contributed by atoms with van der Waals surface area (Å²) in [6.07, 6.45) is -17.2. The molecule has 2 aliphatic rings. The molecule has 0 atom stereocenters. The first-order valence-corrected chi connectivity index (χ1v) is 18.4. The topological polar surface area (TPSA) is 133 Å². The van der Waals surface area contributed by atoms with Gasteiger partial charge in [0.25, 0.3) is 5.91 Å². The number of aromatic nitrogens is 2. The van der Waals surface area contributed by atoms with Crippen LogP contribution in [0.1, 0.15) is 75.2 Å². The second-order valence-electron chi connectivity index (χ2n) is 14.9. The van der Waals surface area contributed by atoms with Crippen LogP contribution in [0.3, 0.4) is 0 Å². The van der Waals surface area contributed by atoms with Crippen LogP contribution in [0.4, 0.5) is 48.7 Å². The van der Waals surface area contributed by atoms with Gasteiger partial charge >= 0.3 is 36.5 Å². The van der Waals surface area contributed by atoms with Crippen molar-refractivity contribution in [3.63, 3.8) is 0 Å². The first-order chi connectivity index (χ1) is 27.6. The lowest BCUT2D eigenvalue weighted by atomic mass is 9.87. The molecular formula is C37H32Cl2F10N4O7. The number of alkyl halides is 10. The number of hydrogen-bond donors (Lipinski definition) is 0. The molecule has 1 heterocycles. The van der Waals surface area contributed by atoms with Gasteiger partial charge in [0.1, 0.15) is 22.9 Å². The maximum absolute atomic E-state index is 14.9. The van der Waals surface area contributed by atoms with Gasteiger partial charge in [0.15, 0.2) is 12.5 Å². The van der Waals surface area contributed by atoms with Gasteiger partial charge in [0.2, 0.25) is 0 Å². The van der Waals surface area contributed by atoms with Crippen molar-refractivity contribution < 1.29 is 77.2 Å². The van der Waals surface area contributed by atoms with Gasteiger partial charge in [-0.15, -0.1) is 13.2 Å². The van der Waals surface area contributed by atoms with Crippen molar-refractivity contribution in [2.45, 2.75) is 101 Å². The number of nitriles is 1.